The SMILES string of the molecule is Cc1cc(CCN)cnc1N1CCC(C(C)C)C1. The predicted octanol–water partition coefficient (Wildman–Crippen LogP) is 2.37. The lowest BCUT2D eigenvalue weighted by molar-refractivity contribution is 0.422. The summed E-state index contributed by atoms with van der Waals surface area (Å²) in [6.07, 6.45) is 4.20. The van der Waals surface area contributed by atoms with Gasteiger partial charge < -0.3 is 10.6 Å². The molecule has 100 valence electrons. The molecule has 1 aromatic rings. The first-order chi connectivity index (χ1) is 8.61. The zero-order valence-corrected chi connectivity index (χ0v) is 11.8. The number of aryl methyl sites for hydroxylation is 1. The van der Waals surface area contributed by atoms with Gasteiger partial charge in [-0.1, -0.05) is 19.9 Å². The van der Waals surface area contributed by atoms with Crippen LogP contribution in [0.2, 0.25) is 0 Å². The predicted molar refractivity (Wildman–Crippen MR) is 76.9 cm³/mol. The Kier molecular flexibility index (Phi) is 4.23. The molecule has 0 amide bonds. The van der Waals surface area contributed by atoms with E-state index in [-0.39, 0.29) is 0 Å². The summed E-state index contributed by atoms with van der Waals surface area (Å²) < 4.78 is 0. The van der Waals surface area contributed by atoms with Gasteiger partial charge in [0, 0.05) is 19.3 Å². The third-order valence-electron chi connectivity index (χ3n) is 4.01. The van der Waals surface area contributed by atoms with Crippen LogP contribution in [0, 0.1) is 18.8 Å². The number of pyridine rings is 1. The van der Waals surface area contributed by atoms with Crippen LogP contribution >= 0.6 is 0 Å². The van der Waals surface area contributed by atoms with Crippen molar-refractivity contribution in [3.8, 4) is 0 Å². The van der Waals surface area contributed by atoms with Gasteiger partial charge in [-0.25, -0.2) is 4.98 Å². The Morgan fingerprint density at radius 3 is 2.83 bits per heavy atom. The average molecular weight is 247 g/mol. The monoisotopic (exact) mass is 247 g/mol. The van der Waals surface area contributed by atoms with Crippen LogP contribution in [0.3, 0.4) is 0 Å². The maximum atomic E-state index is 5.58. The Morgan fingerprint density at radius 2 is 2.28 bits per heavy atom. The van der Waals surface area contributed by atoms with Crippen molar-refractivity contribution in [3.63, 3.8) is 0 Å². The third-order valence-corrected chi connectivity index (χ3v) is 4.01. The van der Waals surface area contributed by atoms with Crippen LogP contribution in [0.5, 0.6) is 0 Å². The smallest absolute Gasteiger partial charge is 0.131 e. The van der Waals surface area contributed by atoms with E-state index in [0.717, 1.165) is 31.3 Å². The highest BCUT2D eigenvalue weighted by atomic mass is 15.2. The van der Waals surface area contributed by atoms with Gasteiger partial charge in [-0.3, -0.25) is 0 Å². The number of nitrogens with two attached hydrogens (primary N) is 1. The summed E-state index contributed by atoms with van der Waals surface area (Å²) in [5.74, 6) is 2.75. The maximum Gasteiger partial charge on any atom is 0.131 e. The maximum absolute atomic E-state index is 5.58. The van der Waals surface area contributed by atoms with Crippen LogP contribution in [0.25, 0.3) is 0 Å². The van der Waals surface area contributed by atoms with Crippen LogP contribution in [-0.2, 0) is 6.42 Å². The molecular formula is C15H25N3. The topological polar surface area (TPSA) is 42.1 Å². The summed E-state index contributed by atoms with van der Waals surface area (Å²) in [5, 5.41) is 0. The van der Waals surface area contributed by atoms with Gasteiger partial charge in [0.1, 0.15) is 5.82 Å². The van der Waals surface area contributed by atoms with E-state index < -0.39 is 0 Å². The quantitative estimate of drug-likeness (QED) is 0.888. The van der Waals surface area contributed by atoms with Crippen molar-refractivity contribution >= 4 is 5.82 Å². The van der Waals surface area contributed by atoms with E-state index in [1.807, 2.05) is 6.20 Å². The Bertz CT molecular complexity index is 401. The van der Waals surface area contributed by atoms with Crippen molar-refractivity contribution < 1.29 is 0 Å². The van der Waals surface area contributed by atoms with Gasteiger partial charge in [-0.15, -0.1) is 0 Å². The standard InChI is InChI=1S/C15H25N3/c1-11(2)14-5-7-18(10-14)15-12(3)8-13(4-6-16)9-17-15/h8-9,11,14H,4-7,10,16H2,1-3H3. The molecule has 0 bridgehead atoms. The molecule has 0 radical (unpaired) electrons. The molecule has 1 unspecified atom stereocenters. The van der Waals surface area contributed by atoms with Crippen molar-refractivity contribution in [3.05, 3.63) is 23.4 Å². The number of hydrogen-bond donors (Lipinski definition) is 1. The zero-order chi connectivity index (χ0) is 13.1. The molecule has 1 atom stereocenters. The number of nitrogens with zero attached hydrogens (tertiary/aromatic N) is 2. The second-order valence-corrected chi connectivity index (χ2v) is 5.76. The molecule has 0 spiro atoms. The molecule has 2 heterocycles. The third kappa shape index (κ3) is 2.83. The number of rotatable bonds is 4. The summed E-state index contributed by atoms with van der Waals surface area (Å²) in [5.41, 5.74) is 8.12. The van der Waals surface area contributed by atoms with Crippen LogP contribution in [0.1, 0.15) is 31.4 Å². The molecule has 1 aromatic heterocycles. The highest BCUT2D eigenvalue weighted by molar-refractivity contribution is 5.48. The Labute approximate surface area is 110 Å². The van der Waals surface area contributed by atoms with Gasteiger partial charge >= 0.3 is 0 Å². The molecule has 0 aliphatic carbocycles. The van der Waals surface area contributed by atoms with E-state index in [0.29, 0.717) is 6.54 Å². The minimum absolute atomic E-state index is 0.694. The van der Waals surface area contributed by atoms with E-state index in [1.54, 1.807) is 0 Å². The average Bonchev–Trinajstić information content (AvgIpc) is 2.79. The van der Waals surface area contributed by atoms with Gasteiger partial charge in [0.05, 0.1) is 0 Å². The lowest BCUT2D eigenvalue weighted by atomic mass is 9.95. The van der Waals surface area contributed by atoms with Gasteiger partial charge in [0.2, 0.25) is 0 Å². The van der Waals surface area contributed by atoms with Gasteiger partial charge in [-0.05, 0) is 49.3 Å². The van der Waals surface area contributed by atoms with Crippen molar-refractivity contribution in [2.75, 3.05) is 24.5 Å². The van der Waals surface area contributed by atoms with E-state index >= 15 is 0 Å². The second kappa shape index (κ2) is 5.70. The van der Waals surface area contributed by atoms with Gasteiger partial charge in [-0.2, -0.15) is 0 Å². The molecular weight excluding hydrogens is 222 g/mol. The highest BCUT2D eigenvalue weighted by Crippen LogP contribution is 2.29. The van der Waals surface area contributed by atoms with E-state index in [4.69, 9.17) is 5.73 Å². The van der Waals surface area contributed by atoms with Crippen molar-refractivity contribution in [1.82, 2.24) is 4.98 Å². The summed E-state index contributed by atoms with van der Waals surface area (Å²) in [4.78, 5) is 7.08. The van der Waals surface area contributed by atoms with Crippen LogP contribution < -0.4 is 10.6 Å². The minimum atomic E-state index is 0.694. The summed E-state index contributed by atoms with van der Waals surface area (Å²) >= 11 is 0. The van der Waals surface area contributed by atoms with Gasteiger partial charge in [0.15, 0.2) is 0 Å². The molecule has 3 nitrogen and oxygen atoms in total. The molecule has 3 heteroatoms. The van der Waals surface area contributed by atoms with Crippen molar-refractivity contribution in [2.45, 2.75) is 33.6 Å². The normalized spacial score (nSPS) is 19.8. The molecule has 0 saturated carbocycles. The molecule has 2 rings (SSSR count). The van der Waals surface area contributed by atoms with Gasteiger partial charge in [0.25, 0.3) is 0 Å². The Morgan fingerprint density at radius 1 is 1.50 bits per heavy atom. The van der Waals surface area contributed by atoms with E-state index in [9.17, 15) is 0 Å². The molecule has 1 saturated heterocycles. The Hall–Kier alpha value is -1.09. The van der Waals surface area contributed by atoms with Crippen molar-refractivity contribution in [2.24, 2.45) is 17.6 Å². The van der Waals surface area contributed by atoms with Crippen molar-refractivity contribution in [1.29, 1.82) is 0 Å². The first kappa shape index (κ1) is 13.3. The summed E-state index contributed by atoms with van der Waals surface area (Å²) in [7, 11) is 0. The zero-order valence-electron chi connectivity index (χ0n) is 11.8. The molecule has 18 heavy (non-hydrogen) atoms. The molecule has 1 aliphatic heterocycles. The lowest BCUT2D eigenvalue weighted by Gasteiger charge is -2.21. The first-order valence-electron chi connectivity index (χ1n) is 7.02. The minimum Gasteiger partial charge on any atom is -0.356 e. The number of aromatic nitrogens is 1. The summed E-state index contributed by atoms with van der Waals surface area (Å²) in [6.45, 7) is 9.79. The van der Waals surface area contributed by atoms with E-state index in [2.05, 4.69) is 36.7 Å². The fourth-order valence-electron chi connectivity index (χ4n) is 2.78. The largest absolute Gasteiger partial charge is 0.356 e. The second-order valence-electron chi connectivity index (χ2n) is 5.76. The first-order valence-corrected chi connectivity index (χ1v) is 7.02. The fourth-order valence-corrected chi connectivity index (χ4v) is 2.78. The summed E-state index contributed by atoms with van der Waals surface area (Å²) in [6, 6.07) is 2.23. The number of anilines is 1. The van der Waals surface area contributed by atoms with Crippen LogP contribution in [0.4, 0.5) is 5.82 Å². The van der Waals surface area contributed by atoms with Crippen LogP contribution in [-0.4, -0.2) is 24.6 Å². The Balaban J connectivity index is 2.10. The molecule has 1 fully saturated rings. The van der Waals surface area contributed by atoms with Crippen LogP contribution in [0.15, 0.2) is 12.3 Å². The highest BCUT2D eigenvalue weighted by Gasteiger charge is 2.26. The lowest BCUT2D eigenvalue weighted by Crippen LogP contribution is -2.23. The molecule has 0 aromatic carbocycles. The molecule has 2 N–H and O–H groups in total. The fraction of sp³-hybridized carbons (Fsp3) is 0.667. The molecule has 1 aliphatic rings. The number of hydrogen-bond acceptors (Lipinski definition) is 3. The van der Waals surface area contributed by atoms with E-state index in [1.165, 1.54) is 23.4 Å².